The van der Waals surface area contributed by atoms with Crippen LogP contribution in [0.5, 0.6) is 5.75 Å². The number of hydrogen-bond acceptors (Lipinski definition) is 4. The molecule has 4 nitrogen and oxygen atoms in total. The first kappa shape index (κ1) is 22.3. The Hall–Kier alpha value is -3.20. The summed E-state index contributed by atoms with van der Waals surface area (Å²) in [4.78, 5) is 0.204. The molecule has 0 aliphatic heterocycles. The van der Waals surface area contributed by atoms with E-state index in [1.54, 1.807) is 13.2 Å². The zero-order valence-corrected chi connectivity index (χ0v) is 21.8. The van der Waals surface area contributed by atoms with Gasteiger partial charge in [0.1, 0.15) is 0 Å². The van der Waals surface area contributed by atoms with Crippen molar-refractivity contribution in [1.29, 1.82) is 0 Å². The van der Waals surface area contributed by atoms with Crippen LogP contribution in [0.1, 0.15) is 0 Å². The van der Waals surface area contributed by atoms with Crippen LogP contribution in [0.25, 0.3) is 32.3 Å². The predicted molar refractivity (Wildman–Crippen MR) is 149 cm³/mol. The van der Waals surface area contributed by atoms with Crippen molar-refractivity contribution in [3.63, 3.8) is 0 Å². The first-order valence-electron chi connectivity index (χ1n) is 11.1. The Kier molecular flexibility index (Phi) is 5.59. The van der Waals surface area contributed by atoms with Crippen molar-refractivity contribution in [1.82, 2.24) is 0 Å². The van der Waals surface area contributed by atoms with E-state index in [1.165, 1.54) is 0 Å². The second-order valence-electron chi connectivity index (χ2n) is 8.14. The van der Waals surface area contributed by atoms with Crippen LogP contribution in [0.15, 0.2) is 114 Å². The van der Waals surface area contributed by atoms with Crippen molar-refractivity contribution in [3.05, 3.63) is 116 Å². The fraction of sp³-hybridized carbons (Fsp3) is 0.0345. The minimum atomic E-state index is -4.06. The molecule has 174 valence electrons. The van der Waals surface area contributed by atoms with E-state index in [0.717, 1.165) is 34.1 Å². The number of benzene rings is 6. The van der Waals surface area contributed by atoms with E-state index in [-0.39, 0.29) is 4.90 Å². The van der Waals surface area contributed by atoms with Gasteiger partial charge in [-0.05, 0) is 0 Å². The molecule has 0 aliphatic rings. The van der Waals surface area contributed by atoms with E-state index in [0.29, 0.717) is 11.1 Å². The van der Waals surface area contributed by atoms with Crippen molar-refractivity contribution in [2.75, 3.05) is 7.11 Å². The molecule has 0 saturated heterocycles. The summed E-state index contributed by atoms with van der Waals surface area (Å²) >= 11 is -2.80. The molecule has 35 heavy (non-hydrogen) atoms. The van der Waals surface area contributed by atoms with Gasteiger partial charge in [0.05, 0.1) is 0 Å². The monoisotopic (exact) mass is 592 g/mol. The summed E-state index contributed by atoms with van der Waals surface area (Å²) in [5.41, 5.74) is 0. The van der Waals surface area contributed by atoms with Crippen LogP contribution in [0.2, 0.25) is 0 Å². The molecule has 0 heterocycles. The average Bonchev–Trinajstić information content (AvgIpc) is 2.91. The first-order chi connectivity index (χ1) is 17.0. The molecule has 0 spiro atoms. The second-order valence-corrected chi connectivity index (χ2v) is 14.6. The molecule has 0 saturated carbocycles. The third-order valence-corrected chi connectivity index (χ3v) is 13.5. The molecule has 0 aliphatic carbocycles. The second kappa shape index (κ2) is 8.78. The maximum absolute atomic E-state index is 13.9. The van der Waals surface area contributed by atoms with Gasteiger partial charge in [0.25, 0.3) is 0 Å². The molecule has 0 atom stereocenters. The normalized spacial score (nSPS) is 12.4. The van der Waals surface area contributed by atoms with Gasteiger partial charge >= 0.3 is 212 Å². The average molecular weight is 592 g/mol. The number of rotatable bonds is 6. The number of ether oxygens (including phenoxy) is 1. The van der Waals surface area contributed by atoms with Crippen molar-refractivity contribution in [2.24, 2.45) is 0 Å². The third kappa shape index (κ3) is 3.91. The van der Waals surface area contributed by atoms with Gasteiger partial charge in [0.15, 0.2) is 0 Å². The molecule has 0 unspecified atom stereocenters. The summed E-state index contributed by atoms with van der Waals surface area (Å²) in [6.45, 7) is 0. The molecule has 6 heteroatoms. The fourth-order valence-corrected chi connectivity index (χ4v) is 11.6. The summed E-state index contributed by atoms with van der Waals surface area (Å²) in [6.07, 6.45) is 0. The molecule has 6 aromatic rings. The van der Waals surface area contributed by atoms with E-state index < -0.39 is 30.4 Å². The van der Waals surface area contributed by atoms with Gasteiger partial charge in [-0.15, -0.1) is 0 Å². The summed E-state index contributed by atoms with van der Waals surface area (Å²) < 4.78 is 40.9. The molecule has 6 rings (SSSR count). The van der Waals surface area contributed by atoms with Crippen molar-refractivity contribution < 1.29 is 15.7 Å². The molecule has 0 aromatic heterocycles. The van der Waals surface area contributed by atoms with E-state index in [9.17, 15) is 8.42 Å². The Bertz CT molecular complexity index is 1750. The van der Waals surface area contributed by atoms with Gasteiger partial charge in [-0.2, -0.15) is 0 Å². The van der Waals surface area contributed by atoms with Gasteiger partial charge in [0.2, 0.25) is 0 Å². The third-order valence-electron chi connectivity index (χ3n) is 6.08. The van der Waals surface area contributed by atoms with Gasteiger partial charge in [-0.1, -0.05) is 0 Å². The van der Waals surface area contributed by atoms with Crippen LogP contribution in [0.3, 0.4) is 0 Å². The zero-order valence-electron chi connectivity index (χ0n) is 18.8. The Balaban J connectivity index is 1.51. The van der Waals surface area contributed by atoms with Crippen LogP contribution < -0.4 is 4.74 Å². The van der Waals surface area contributed by atoms with Crippen LogP contribution in [0, 0.1) is 7.14 Å². The maximum atomic E-state index is 13.9. The molecule has 0 fully saturated rings. The molecular weight excluding hydrogens is 571 g/mol. The molecule has 0 N–H and O–H groups in total. The van der Waals surface area contributed by atoms with Crippen LogP contribution in [0.4, 0.5) is 0 Å². The molecule has 0 radical (unpaired) electrons. The molecular formula is C29H21IO4S. The van der Waals surface area contributed by atoms with Gasteiger partial charge in [-0.3, -0.25) is 0 Å². The quantitative estimate of drug-likeness (QED) is 0.149. The number of halogens is 1. The first-order valence-corrected chi connectivity index (χ1v) is 15.5. The summed E-state index contributed by atoms with van der Waals surface area (Å²) in [7, 11) is -2.45. The van der Waals surface area contributed by atoms with Crippen LogP contribution in [-0.4, -0.2) is 15.5 Å². The molecule has 0 bridgehead atoms. The van der Waals surface area contributed by atoms with Crippen molar-refractivity contribution in [3.8, 4) is 5.75 Å². The standard InChI is InChI=1S/C29H21IO4S/c1-33-25-16-14-24(15-17-25)30(23-8-3-2-4-9-23)34-35(31,32)27-19-13-22-11-10-20-6-5-7-21-12-18-26(27)29(22)28(20)21/h2-19H,1H3. The summed E-state index contributed by atoms with van der Waals surface area (Å²) in [5.74, 6) is 0.715. The Morgan fingerprint density at radius 1 is 0.600 bits per heavy atom. The topological polar surface area (TPSA) is 52.6 Å². The Morgan fingerprint density at radius 2 is 1.20 bits per heavy atom. The van der Waals surface area contributed by atoms with Crippen LogP contribution >= 0.6 is 20.2 Å². The van der Waals surface area contributed by atoms with E-state index in [2.05, 4.69) is 18.2 Å². The number of methoxy groups -OCH3 is 1. The van der Waals surface area contributed by atoms with E-state index >= 15 is 0 Å². The van der Waals surface area contributed by atoms with Gasteiger partial charge < -0.3 is 0 Å². The van der Waals surface area contributed by atoms with E-state index in [4.69, 9.17) is 7.25 Å². The van der Waals surface area contributed by atoms with Crippen molar-refractivity contribution in [2.45, 2.75) is 4.90 Å². The molecule has 6 aromatic carbocycles. The molecule has 0 amide bonds. The van der Waals surface area contributed by atoms with Gasteiger partial charge in [0, 0.05) is 0 Å². The summed E-state index contributed by atoms with van der Waals surface area (Å²) in [6, 6.07) is 34.8. The van der Waals surface area contributed by atoms with Gasteiger partial charge in [-0.25, -0.2) is 0 Å². The van der Waals surface area contributed by atoms with Crippen molar-refractivity contribution >= 4 is 62.7 Å². The Labute approximate surface area is 211 Å². The number of hydrogen-bond donors (Lipinski definition) is 0. The summed E-state index contributed by atoms with van der Waals surface area (Å²) in [5, 5.41) is 5.91. The Morgan fingerprint density at radius 3 is 1.89 bits per heavy atom. The predicted octanol–water partition coefficient (Wildman–Crippen LogP) is 7.46. The fourth-order valence-electron chi connectivity index (χ4n) is 4.46. The minimum absolute atomic E-state index is 0.204. The van der Waals surface area contributed by atoms with E-state index in [1.807, 2.05) is 84.9 Å². The van der Waals surface area contributed by atoms with Crippen LogP contribution in [-0.2, 0) is 12.6 Å². The SMILES string of the molecule is COc1ccc(I(OS(=O)(=O)c2ccc3ccc4cccc5ccc2c3c45)c2ccccc2)cc1. The zero-order chi connectivity index (χ0) is 24.0.